The maximum absolute atomic E-state index is 6.29. The van der Waals surface area contributed by atoms with Crippen LogP contribution in [0.4, 0.5) is 0 Å². The molecule has 2 aromatic heterocycles. The van der Waals surface area contributed by atoms with Crippen molar-refractivity contribution in [2.45, 2.75) is 6.42 Å². The summed E-state index contributed by atoms with van der Waals surface area (Å²) in [5.74, 6) is 0.600. The molecule has 0 bridgehead atoms. The molecule has 106 valence electrons. The van der Waals surface area contributed by atoms with Crippen LogP contribution in [0.5, 0.6) is 0 Å². The molecule has 0 N–H and O–H groups in total. The van der Waals surface area contributed by atoms with Gasteiger partial charge in [-0.25, -0.2) is 9.97 Å². The molecule has 0 aliphatic rings. The van der Waals surface area contributed by atoms with E-state index < -0.39 is 0 Å². The van der Waals surface area contributed by atoms with Gasteiger partial charge in [0.25, 0.3) is 0 Å². The first kappa shape index (κ1) is 14.8. The van der Waals surface area contributed by atoms with E-state index in [1.165, 1.54) is 0 Å². The zero-order chi connectivity index (χ0) is 14.8. The Kier molecular flexibility index (Phi) is 4.45. The van der Waals surface area contributed by atoms with Crippen LogP contribution in [0.3, 0.4) is 0 Å². The quantitative estimate of drug-likeness (QED) is 0.558. The van der Waals surface area contributed by atoms with Gasteiger partial charge >= 0.3 is 0 Å². The van der Waals surface area contributed by atoms with E-state index >= 15 is 0 Å². The maximum Gasteiger partial charge on any atom is 0.142 e. The van der Waals surface area contributed by atoms with Crippen LogP contribution in [-0.4, -0.2) is 9.97 Å². The Labute approximate surface area is 141 Å². The van der Waals surface area contributed by atoms with Crippen LogP contribution in [0, 0.1) is 0 Å². The molecule has 0 aliphatic heterocycles. The molecule has 1 aromatic carbocycles. The Bertz CT molecular complexity index is 749. The predicted octanol–water partition coefficient (Wildman–Crippen LogP) is 5.76. The summed E-state index contributed by atoms with van der Waals surface area (Å²) in [6.45, 7) is 0. The van der Waals surface area contributed by atoms with Gasteiger partial charge < -0.3 is 0 Å². The molecule has 3 aromatic rings. The number of nitrogens with zero attached hydrogens (tertiary/aromatic N) is 2. The highest BCUT2D eigenvalue weighted by Crippen LogP contribution is 2.36. The minimum Gasteiger partial charge on any atom is -0.220 e. The minimum absolute atomic E-state index is 0.314. The molecule has 2 heterocycles. The molecule has 21 heavy (non-hydrogen) atoms. The highest BCUT2D eigenvalue weighted by atomic mass is 35.5. The van der Waals surface area contributed by atoms with E-state index in [2.05, 4.69) is 9.97 Å². The van der Waals surface area contributed by atoms with Crippen molar-refractivity contribution in [3.05, 3.63) is 67.8 Å². The summed E-state index contributed by atoms with van der Waals surface area (Å²) in [5, 5.41) is 3.21. The largest absolute Gasteiger partial charge is 0.220 e. The molecule has 6 heteroatoms. The van der Waals surface area contributed by atoms with Gasteiger partial charge in [0.1, 0.15) is 16.1 Å². The summed E-state index contributed by atoms with van der Waals surface area (Å²) in [5.41, 5.74) is 1.30. The van der Waals surface area contributed by atoms with Crippen LogP contribution < -0.4 is 0 Å². The van der Waals surface area contributed by atoms with Crippen LogP contribution in [-0.2, 0) is 6.42 Å². The van der Waals surface area contributed by atoms with E-state index in [4.69, 9.17) is 34.8 Å². The van der Waals surface area contributed by atoms with Crippen molar-refractivity contribution >= 4 is 46.1 Å². The molecule has 0 saturated carbocycles. The molecule has 0 atom stereocenters. The van der Waals surface area contributed by atoms with Gasteiger partial charge in [0.2, 0.25) is 0 Å². The van der Waals surface area contributed by atoms with Crippen LogP contribution in [0.1, 0.15) is 10.7 Å². The first-order valence-corrected chi connectivity index (χ1v) is 8.15. The van der Waals surface area contributed by atoms with Crippen LogP contribution in [0.2, 0.25) is 15.3 Å². The first-order valence-electron chi connectivity index (χ1n) is 6.14. The van der Waals surface area contributed by atoms with E-state index in [9.17, 15) is 0 Å². The highest BCUT2D eigenvalue weighted by molar-refractivity contribution is 7.09. The Hall–Kier alpha value is -1.13. The van der Waals surface area contributed by atoms with Gasteiger partial charge in [-0.1, -0.05) is 59.1 Å². The third-order valence-electron chi connectivity index (χ3n) is 2.92. The zero-order valence-electron chi connectivity index (χ0n) is 10.7. The van der Waals surface area contributed by atoms with E-state index in [1.807, 2.05) is 35.7 Å². The van der Waals surface area contributed by atoms with Gasteiger partial charge in [-0.15, -0.1) is 11.3 Å². The lowest BCUT2D eigenvalue weighted by Crippen LogP contribution is -1.99. The van der Waals surface area contributed by atoms with Gasteiger partial charge in [0.05, 0.1) is 5.56 Å². The average Bonchev–Trinajstić information content (AvgIpc) is 2.93. The van der Waals surface area contributed by atoms with Gasteiger partial charge in [-0.2, -0.15) is 0 Å². The third kappa shape index (κ3) is 3.22. The fraction of sp³-hybridized carbons (Fsp3) is 0.0667. The molecule has 0 spiro atoms. The Morgan fingerprint density at radius 3 is 2.24 bits per heavy atom. The molecule has 2 nitrogen and oxygen atoms in total. The van der Waals surface area contributed by atoms with Crippen molar-refractivity contribution in [3.8, 4) is 11.1 Å². The summed E-state index contributed by atoms with van der Waals surface area (Å²) >= 11 is 20.4. The smallest absolute Gasteiger partial charge is 0.142 e. The maximum atomic E-state index is 6.29. The first-order chi connectivity index (χ1) is 10.1. The number of hydrogen-bond donors (Lipinski definition) is 0. The van der Waals surface area contributed by atoms with E-state index in [0.29, 0.717) is 33.1 Å². The zero-order valence-corrected chi connectivity index (χ0v) is 13.8. The second-order valence-electron chi connectivity index (χ2n) is 4.33. The second-order valence-corrected chi connectivity index (χ2v) is 6.49. The standard InChI is InChI=1S/C15H9Cl3N2S/c16-11-6-2-1-5-10(11)13-14(17)19-12(20-15(13)18)8-9-4-3-7-21-9/h1-7H,8H2. The fourth-order valence-electron chi connectivity index (χ4n) is 1.98. The Balaban J connectivity index is 2.03. The summed E-state index contributed by atoms with van der Waals surface area (Å²) < 4.78 is 0. The summed E-state index contributed by atoms with van der Waals surface area (Å²) in [6.07, 6.45) is 0.611. The average molecular weight is 356 g/mol. The van der Waals surface area contributed by atoms with Crippen LogP contribution in [0.15, 0.2) is 41.8 Å². The molecule has 0 radical (unpaired) electrons. The van der Waals surface area contributed by atoms with Gasteiger partial charge in [0, 0.05) is 21.9 Å². The Morgan fingerprint density at radius 1 is 0.905 bits per heavy atom. The minimum atomic E-state index is 0.314. The Morgan fingerprint density at radius 2 is 1.62 bits per heavy atom. The van der Waals surface area contributed by atoms with Crippen molar-refractivity contribution in [2.24, 2.45) is 0 Å². The van der Waals surface area contributed by atoms with Gasteiger partial charge in [0.15, 0.2) is 0 Å². The monoisotopic (exact) mass is 354 g/mol. The normalized spacial score (nSPS) is 10.8. The molecule has 0 saturated heterocycles. The summed E-state index contributed by atoms with van der Waals surface area (Å²) in [6, 6.07) is 11.4. The van der Waals surface area contributed by atoms with Crippen LogP contribution >= 0.6 is 46.1 Å². The molecule has 0 amide bonds. The lowest BCUT2D eigenvalue weighted by Gasteiger charge is -2.09. The fourth-order valence-corrected chi connectivity index (χ4v) is 3.54. The molecular formula is C15H9Cl3N2S. The van der Waals surface area contributed by atoms with E-state index in [-0.39, 0.29) is 0 Å². The second kappa shape index (κ2) is 6.32. The number of hydrogen-bond acceptors (Lipinski definition) is 3. The number of halogens is 3. The van der Waals surface area contributed by atoms with Gasteiger partial charge in [-0.05, 0) is 17.5 Å². The molecule has 0 unspecified atom stereocenters. The van der Waals surface area contributed by atoms with Gasteiger partial charge in [-0.3, -0.25) is 0 Å². The highest BCUT2D eigenvalue weighted by Gasteiger charge is 2.16. The van der Waals surface area contributed by atoms with Crippen LogP contribution in [0.25, 0.3) is 11.1 Å². The van der Waals surface area contributed by atoms with Crippen molar-refractivity contribution in [3.63, 3.8) is 0 Å². The van der Waals surface area contributed by atoms with Crippen molar-refractivity contribution in [2.75, 3.05) is 0 Å². The SMILES string of the molecule is Clc1ccccc1-c1c(Cl)nc(Cc2cccs2)nc1Cl. The summed E-state index contributed by atoms with van der Waals surface area (Å²) in [4.78, 5) is 9.85. The van der Waals surface area contributed by atoms with E-state index in [0.717, 1.165) is 10.4 Å². The number of rotatable bonds is 3. The van der Waals surface area contributed by atoms with Crippen molar-refractivity contribution in [1.29, 1.82) is 0 Å². The lowest BCUT2D eigenvalue weighted by atomic mass is 10.1. The number of benzene rings is 1. The topological polar surface area (TPSA) is 25.8 Å². The van der Waals surface area contributed by atoms with Crippen molar-refractivity contribution < 1.29 is 0 Å². The third-order valence-corrected chi connectivity index (χ3v) is 4.68. The predicted molar refractivity (Wildman–Crippen MR) is 89.6 cm³/mol. The number of aromatic nitrogens is 2. The van der Waals surface area contributed by atoms with Crippen molar-refractivity contribution in [1.82, 2.24) is 9.97 Å². The molecule has 0 aliphatic carbocycles. The molecule has 0 fully saturated rings. The van der Waals surface area contributed by atoms with E-state index in [1.54, 1.807) is 17.4 Å². The summed E-state index contributed by atoms with van der Waals surface area (Å²) in [7, 11) is 0. The molecule has 3 rings (SSSR count). The lowest BCUT2D eigenvalue weighted by molar-refractivity contribution is 0.983. The number of thiophene rings is 1. The molecular weight excluding hydrogens is 347 g/mol.